The van der Waals surface area contributed by atoms with Gasteiger partial charge in [-0.25, -0.2) is 0 Å². The molecular weight excluding hydrogens is 667 g/mol. The molecule has 0 spiro atoms. The van der Waals surface area contributed by atoms with Gasteiger partial charge >= 0.3 is 6.18 Å². The molecule has 2 aliphatic heterocycles. The highest BCUT2D eigenvalue weighted by Crippen LogP contribution is 2.41. The zero-order valence-electron chi connectivity index (χ0n) is 25.6. The van der Waals surface area contributed by atoms with Gasteiger partial charge in [0.15, 0.2) is 0 Å². The molecule has 3 fully saturated rings. The van der Waals surface area contributed by atoms with Gasteiger partial charge in [-0.2, -0.15) is 18.3 Å². The summed E-state index contributed by atoms with van der Waals surface area (Å²) in [4.78, 5) is 64.0. The number of alkyl halides is 3. The third kappa shape index (κ3) is 5.92. The summed E-state index contributed by atoms with van der Waals surface area (Å²) in [5.41, 5.74) is -0.939. The molecule has 3 aromatic rings. The lowest BCUT2D eigenvalue weighted by Gasteiger charge is -2.40. The normalized spacial score (nSPS) is 22.7. The number of imide groups is 2. The summed E-state index contributed by atoms with van der Waals surface area (Å²) in [6.45, 7) is 0. The number of rotatable bonds is 6. The van der Waals surface area contributed by atoms with Crippen molar-refractivity contribution in [3.63, 3.8) is 0 Å². The van der Waals surface area contributed by atoms with Crippen LogP contribution in [0.4, 0.5) is 18.9 Å². The van der Waals surface area contributed by atoms with Crippen LogP contribution in [-0.4, -0.2) is 56.4 Å². The van der Waals surface area contributed by atoms with Crippen LogP contribution in [0.1, 0.15) is 76.8 Å². The Bertz CT molecular complexity index is 1990. The minimum Gasteiger partial charge on any atom is -0.490 e. The molecule has 2 N–H and O–H groups in total. The van der Waals surface area contributed by atoms with Gasteiger partial charge in [0, 0.05) is 18.5 Å². The lowest BCUT2D eigenvalue weighted by Crippen LogP contribution is -2.54. The maximum atomic E-state index is 13.3. The number of anilines is 1. The number of piperidine rings is 1. The van der Waals surface area contributed by atoms with Gasteiger partial charge in [0.25, 0.3) is 17.7 Å². The first-order valence-electron chi connectivity index (χ1n) is 15.6. The number of nitrogens with one attached hydrogen (secondary N) is 2. The molecule has 7 rings (SSSR count). The van der Waals surface area contributed by atoms with E-state index in [9.17, 15) is 37.1 Å². The first-order valence-corrected chi connectivity index (χ1v) is 16.0. The lowest BCUT2D eigenvalue weighted by molar-refractivity contribution is -0.138. The standard InChI is InChI=1S/C34H27ClF3N5O6/c35-25-14-20(34(36,37)38)4-7-26(25)40-32(48)33(10-1-11-33)42-17-19(16-39-42)3-2-18-12-22(13-18)49-21-5-6-23-24(15-21)31(47)43(30(23)46)27-8-9-28(44)41-29(27)45/h4-7,14-18,22,27H,1,8-13H2,(H,40,48)(H,41,44,45). The lowest BCUT2D eigenvalue weighted by atomic mass is 9.76. The zero-order valence-corrected chi connectivity index (χ0v) is 26.4. The number of halogens is 4. The van der Waals surface area contributed by atoms with Crippen molar-refractivity contribution in [2.24, 2.45) is 5.92 Å². The molecule has 1 aromatic heterocycles. The third-order valence-corrected chi connectivity index (χ3v) is 9.71. The van der Waals surface area contributed by atoms with E-state index in [2.05, 4.69) is 27.6 Å². The van der Waals surface area contributed by atoms with Crippen molar-refractivity contribution in [3.8, 4) is 17.6 Å². The summed E-state index contributed by atoms with van der Waals surface area (Å²) in [5.74, 6) is 3.97. The molecule has 1 atom stereocenters. The Morgan fingerprint density at radius 1 is 1.06 bits per heavy atom. The van der Waals surface area contributed by atoms with Crippen LogP contribution in [-0.2, 0) is 26.1 Å². The van der Waals surface area contributed by atoms with Crippen LogP contribution in [0, 0.1) is 17.8 Å². The van der Waals surface area contributed by atoms with Crippen molar-refractivity contribution >= 4 is 46.8 Å². The summed E-state index contributed by atoms with van der Waals surface area (Å²) < 4.78 is 46.6. The molecule has 49 heavy (non-hydrogen) atoms. The monoisotopic (exact) mass is 693 g/mol. The summed E-state index contributed by atoms with van der Waals surface area (Å²) in [6, 6.07) is 6.31. The molecule has 15 heteroatoms. The van der Waals surface area contributed by atoms with Crippen molar-refractivity contribution in [3.05, 3.63) is 76.1 Å². The Morgan fingerprint density at radius 2 is 1.82 bits per heavy atom. The van der Waals surface area contributed by atoms with Crippen LogP contribution in [0.2, 0.25) is 5.02 Å². The predicted molar refractivity (Wildman–Crippen MR) is 166 cm³/mol. The van der Waals surface area contributed by atoms with Crippen LogP contribution < -0.4 is 15.4 Å². The second-order valence-electron chi connectivity index (χ2n) is 12.5. The van der Waals surface area contributed by atoms with Crippen molar-refractivity contribution in [2.75, 3.05) is 5.32 Å². The number of benzene rings is 2. The Balaban J connectivity index is 0.949. The smallest absolute Gasteiger partial charge is 0.416 e. The molecule has 2 saturated carbocycles. The highest BCUT2D eigenvalue weighted by atomic mass is 35.5. The zero-order chi connectivity index (χ0) is 34.7. The van der Waals surface area contributed by atoms with Gasteiger partial charge in [0.05, 0.1) is 39.2 Å². The molecule has 5 amide bonds. The van der Waals surface area contributed by atoms with Gasteiger partial charge in [-0.3, -0.25) is 38.9 Å². The molecule has 1 unspecified atom stereocenters. The van der Waals surface area contributed by atoms with E-state index in [1.54, 1.807) is 23.1 Å². The largest absolute Gasteiger partial charge is 0.490 e. The Kier molecular flexibility index (Phi) is 7.98. The average Bonchev–Trinajstić information content (AvgIpc) is 3.56. The molecule has 0 bridgehead atoms. The number of carbonyl (C=O) groups is 5. The minimum absolute atomic E-state index is 0.0248. The first-order chi connectivity index (χ1) is 23.3. The predicted octanol–water partition coefficient (Wildman–Crippen LogP) is 4.68. The van der Waals surface area contributed by atoms with E-state index in [0.29, 0.717) is 37.0 Å². The van der Waals surface area contributed by atoms with Crippen LogP contribution in [0.3, 0.4) is 0 Å². The van der Waals surface area contributed by atoms with Crippen molar-refractivity contribution in [2.45, 2.75) is 68.8 Å². The summed E-state index contributed by atoms with van der Waals surface area (Å²) >= 11 is 6.05. The van der Waals surface area contributed by atoms with Crippen LogP contribution in [0.25, 0.3) is 0 Å². The fourth-order valence-electron chi connectivity index (χ4n) is 6.41. The second kappa shape index (κ2) is 12.1. The van der Waals surface area contributed by atoms with E-state index in [-0.39, 0.29) is 46.7 Å². The fourth-order valence-corrected chi connectivity index (χ4v) is 6.63. The highest BCUT2D eigenvalue weighted by molar-refractivity contribution is 6.33. The molecule has 1 saturated heterocycles. The SMILES string of the molecule is O=C1CCC(N2C(=O)c3ccc(OC4CC(C#Cc5cnn(C6(C(=O)Nc7ccc(C(F)(F)F)cc7Cl)CCC6)c5)C4)cc3C2=O)C(=O)N1. The molecular formula is C34H27ClF3N5O6. The molecule has 0 radical (unpaired) electrons. The number of amides is 5. The van der Waals surface area contributed by atoms with Crippen molar-refractivity contribution < 1.29 is 41.9 Å². The van der Waals surface area contributed by atoms with Gasteiger partial charge in [-0.1, -0.05) is 23.4 Å². The number of aromatic nitrogens is 2. The van der Waals surface area contributed by atoms with Crippen molar-refractivity contribution in [1.29, 1.82) is 0 Å². The molecule has 2 aromatic carbocycles. The van der Waals surface area contributed by atoms with Crippen LogP contribution >= 0.6 is 11.6 Å². The number of ether oxygens (including phenoxy) is 1. The van der Waals surface area contributed by atoms with E-state index < -0.39 is 52.9 Å². The average molecular weight is 694 g/mol. The maximum Gasteiger partial charge on any atom is 0.416 e. The number of carbonyl (C=O) groups excluding carboxylic acids is 5. The number of hydrogen-bond donors (Lipinski definition) is 2. The van der Waals surface area contributed by atoms with E-state index in [1.807, 2.05) is 0 Å². The molecule has 2 aliphatic carbocycles. The van der Waals surface area contributed by atoms with E-state index in [4.69, 9.17) is 16.3 Å². The third-order valence-electron chi connectivity index (χ3n) is 9.40. The number of hydrogen-bond acceptors (Lipinski definition) is 7. The summed E-state index contributed by atoms with van der Waals surface area (Å²) in [6.07, 6.45) is 1.60. The Hall–Kier alpha value is -5.16. The highest BCUT2D eigenvalue weighted by Gasteiger charge is 2.47. The van der Waals surface area contributed by atoms with Crippen molar-refractivity contribution in [1.82, 2.24) is 20.0 Å². The first kappa shape index (κ1) is 32.4. The molecule has 11 nitrogen and oxygen atoms in total. The van der Waals surface area contributed by atoms with Crippen LogP contribution in [0.15, 0.2) is 48.8 Å². The minimum atomic E-state index is -4.56. The van der Waals surface area contributed by atoms with E-state index in [0.717, 1.165) is 29.5 Å². The molecule has 252 valence electrons. The van der Waals surface area contributed by atoms with E-state index in [1.165, 1.54) is 12.1 Å². The van der Waals surface area contributed by atoms with Gasteiger partial charge in [-0.15, -0.1) is 0 Å². The van der Waals surface area contributed by atoms with Gasteiger partial charge in [-0.05, 0) is 74.9 Å². The van der Waals surface area contributed by atoms with E-state index >= 15 is 0 Å². The second-order valence-corrected chi connectivity index (χ2v) is 12.9. The number of nitrogens with zero attached hydrogens (tertiary/aromatic N) is 3. The molecule has 3 heterocycles. The Morgan fingerprint density at radius 3 is 2.49 bits per heavy atom. The maximum absolute atomic E-state index is 13.3. The summed E-state index contributed by atoms with van der Waals surface area (Å²) in [5, 5.41) is 8.98. The van der Waals surface area contributed by atoms with Crippen LogP contribution in [0.5, 0.6) is 5.75 Å². The number of fused-ring (bicyclic) bond motifs is 1. The van der Waals surface area contributed by atoms with Gasteiger partial charge < -0.3 is 10.1 Å². The quantitative estimate of drug-likeness (QED) is 0.282. The van der Waals surface area contributed by atoms with Gasteiger partial charge in [0.2, 0.25) is 11.8 Å². The summed E-state index contributed by atoms with van der Waals surface area (Å²) in [7, 11) is 0. The topological polar surface area (TPSA) is 140 Å². The molecule has 4 aliphatic rings. The fraction of sp³-hybridized carbons (Fsp3) is 0.353. The van der Waals surface area contributed by atoms with Gasteiger partial charge in [0.1, 0.15) is 23.4 Å². The Labute approximate surface area is 282 Å².